The number of fused-ring (bicyclic) bond motifs is 1. The van der Waals surface area contributed by atoms with Crippen LogP contribution in [0.3, 0.4) is 0 Å². The molecule has 3 heterocycles. The van der Waals surface area contributed by atoms with Gasteiger partial charge in [0.15, 0.2) is 11.5 Å². The number of nitrogens with zero attached hydrogens (tertiary/aromatic N) is 4. The van der Waals surface area contributed by atoms with E-state index in [1.807, 2.05) is 42.4 Å². The SMILES string of the molecule is CCCCN(CCCCN(C)C)C(=O)CN1C[C@H](c2ccc3c(c2)OCO3)C(C(=O)O)[C@@H]1CCc1cccn1C. The van der Waals surface area contributed by atoms with Gasteiger partial charge in [0.2, 0.25) is 12.7 Å². The Bertz CT molecular complexity index is 1130. The Hall–Kier alpha value is -3.04. The average Bonchev–Trinajstić information content (AvgIpc) is 3.64. The predicted octanol–water partition coefficient (Wildman–Crippen LogP) is 3.83. The van der Waals surface area contributed by atoms with E-state index < -0.39 is 11.9 Å². The van der Waals surface area contributed by atoms with Crippen molar-refractivity contribution in [1.29, 1.82) is 0 Å². The molecule has 1 fully saturated rings. The van der Waals surface area contributed by atoms with Crippen LogP contribution in [0.4, 0.5) is 0 Å². The van der Waals surface area contributed by atoms with Crippen LogP contribution in [0.25, 0.3) is 0 Å². The Balaban J connectivity index is 1.55. The Kier molecular flexibility index (Phi) is 10.5. The molecule has 0 saturated carbocycles. The van der Waals surface area contributed by atoms with Gasteiger partial charge in [0.25, 0.3) is 0 Å². The summed E-state index contributed by atoms with van der Waals surface area (Å²) in [6.45, 7) is 5.55. The van der Waals surface area contributed by atoms with Gasteiger partial charge >= 0.3 is 5.97 Å². The summed E-state index contributed by atoms with van der Waals surface area (Å²) in [6, 6.07) is 9.57. The maximum Gasteiger partial charge on any atom is 0.308 e. The first kappa shape index (κ1) is 29.9. The van der Waals surface area contributed by atoms with Crippen molar-refractivity contribution in [3.63, 3.8) is 0 Å². The van der Waals surface area contributed by atoms with Crippen LogP contribution in [0.1, 0.15) is 56.2 Å². The minimum absolute atomic E-state index is 0.0950. The zero-order chi connectivity index (χ0) is 28.6. The van der Waals surface area contributed by atoms with Crippen molar-refractivity contribution in [2.45, 2.75) is 57.4 Å². The van der Waals surface area contributed by atoms with Crippen molar-refractivity contribution in [2.75, 3.05) is 53.6 Å². The fourth-order valence-corrected chi connectivity index (χ4v) is 6.10. The van der Waals surface area contributed by atoms with Gasteiger partial charge in [-0.05, 0) is 82.6 Å². The number of ether oxygens (including phenoxy) is 2. The first-order valence-corrected chi connectivity index (χ1v) is 14.7. The third-order valence-electron chi connectivity index (χ3n) is 8.36. The van der Waals surface area contributed by atoms with E-state index in [4.69, 9.17) is 9.47 Å². The van der Waals surface area contributed by atoms with Crippen LogP contribution in [0.15, 0.2) is 36.5 Å². The molecule has 0 radical (unpaired) electrons. The molecule has 1 saturated heterocycles. The summed E-state index contributed by atoms with van der Waals surface area (Å²) >= 11 is 0. The summed E-state index contributed by atoms with van der Waals surface area (Å²) in [7, 11) is 6.15. The lowest BCUT2D eigenvalue weighted by Gasteiger charge is -2.30. The summed E-state index contributed by atoms with van der Waals surface area (Å²) in [5.74, 6) is -0.263. The van der Waals surface area contributed by atoms with Gasteiger partial charge in [-0.2, -0.15) is 0 Å². The lowest BCUT2D eigenvalue weighted by atomic mass is 9.83. The lowest BCUT2D eigenvalue weighted by Crippen LogP contribution is -2.45. The van der Waals surface area contributed by atoms with Gasteiger partial charge in [0, 0.05) is 50.5 Å². The van der Waals surface area contributed by atoms with Gasteiger partial charge in [0.05, 0.1) is 12.5 Å². The maximum absolute atomic E-state index is 13.7. The largest absolute Gasteiger partial charge is 0.481 e. The van der Waals surface area contributed by atoms with Crippen LogP contribution in [0, 0.1) is 5.92 Å². The molecule has 1 aromatic heterocycles. The summed E-state index contributed by atoms with van der Waals surface area (Å²) in [5, 5.41) is 10.5. The minimum Gasteiger partial charge on any atom is -0.481 e. The molecule has 220 valence electrons. The summed E-state index contributed by atoms with van der Waals surface area (Å²) in [4.78, 5) is 32.8. The number of aliphatic carboxylic acids is 1. The Morgan fingerprint density at radius 1 is 1.05 bits per heavy atom. The number of carbonyl (C=O) groups excluding carboxylic acids is 1. The molecule has 9 heteroatoms. The van der Waals surface area contributed by atoms with Gasteiger partial charge < -0.3 is 28.9 Å². The van der Waals surface area contributed by atoms with Gasteiger partial charge in [-0.25, -0.2) is 0 Å². The van der Waals surface area contributed by atoms with Gasteiger partial charge in [-0.3, -0.25) is 14.5 Å². The van der Waals surface area contributed by atoms with Crippen molar-refractivity contribution in [3.8, 4) is 11.5 Å². The van der Waals surface area contributed by atoms with Crippen molar-refractivity contribution in [3.05, 3.63) is 47.8 Å². The number of aromatic nitrogens is 1. The molecule has 1 amide bonds. The molecule has 1 N–H and O–H groups in total. The van der Waals surface area contributed by atoms with Crippen LogP contribution < -0.4 is 9.47 Å². The molecule has 0 spiro atoms. The molecule has 0 bridgehead atoms. The van der Waals surface area contributed by atoms with Crippen LogP contribution >= 0.6 is 0 Å². The number of hydrogen-bond donors (Lipinski definition) is 1. The molecule has 2 aromatic rings. The van der Waals surface area contributed by atoms with E-state index in [9.17, 15) is 14.7 Å². The quantitative estimate of drug-likeness (QED) is 0.335. The topological polar surface area (TPSA) is 87.5 Å². The highest BCUT2D eigenvalue weighted by Gasteiger charge is 2.47. The van der Waals surface area contributed by atoms with E-state index in [2.05, 4.69) is 41.5 Å². The molecule has 1 aromatic carbocycles. The zero-order valence-corrected chi connectivity index (χ0v) is 24.6. The van der Waals surface area contributed by atoms with E-state index in [1.165, 1.54) is 0 Å². The number of likely N-dealkylation sites (tertiary alicyclic amines) is 1. The molecule has 0 aliphatic carbocycles. The molecule has 1 unspecified atom stereocenters. The van der Waals surface area contributed by atoms with Crippen LogP contribution in [-0.4, -0.2) is 95.9 Å². The highest BCUT2D eigenvalue weighted by Crippen LogP contribution is 2.43. The zero-order valence-electron chi connectivity index (χ0n) is 24.6. The van der Waals surface area contributed by atoms with E-state index in [1.54, 1.807) is 0 Å². The fourth-order valence-electron chi connectivity index (χ4n) is 6.10. The number of unbranched alkanes of at least 4 members (excludes halogenated alkanes) is 2. The maximum atomic E-state index is 13.7. The molecule has 2 aliphatic rings. The Labute approximate surface area is 238 Å². The van der Waals surface area contributed by atoms with Crippen LogP contribution in [0.2, 0.25) is 0 Å². The number of hydrogen-bond acceptors (Lipinski definition) is 6. The van der Waals surface area contributed by atoms with Crippen molar-refractivity contribution in [2.24, 2.45) is 13.0 Å². The lowest BCUT2D eigenvalue weighted by molar-refractivity contribution is -0.143. The average molecular weight is 555 g/mol. The van der Waals surface area contributed by atoms with Crippen molar-refractivity contribution < 1.29 is 24.2 Å². The Morgan fingerprint density at radius 2 is 1.80 bits per heavy atom. The second-order valence-corrected chi connectivity index (χ2v) is 11.5. The predicted molar refractivity (Wildman–Crippen MR) is 155 cm³/mol. The molecule has 9 nitrogen and oxygen atoms in total. The molecule has 4 rings (SSSR count). The monoisotopic (exact) mass is 554 g/mol. The molecular weight excluding hydrogens is 508 g/mol. The van der Waals surface area contributed by atoms with Gasteiger partial charge in [-0.1, -0.05) is 19.4 Å². The van der Waals surface area contributed by atoms with Crippen molar-refractivity contribution >= 4 is 11.9 Å². The van der Waals surface area contributed by atoms with E-state index >= 15 is 0 Å². The van der Waals surface area contributed by atoms with E-state index in [0.717, 1.165) is 63.0 Å². The number of rotatable bonds is 15. The highest BCUT2D eigenvalue weighted by molar-refractivity contribution is 5.79. The summed E-state index contributed by atoms with van der Waals surface area (Å²) in [6.07, 6.45) is 7.42. The fraction of sp³-hybridized carbons (Fsp3) is 0.613. The molecule has 3 atom stereocenters. The standard InChI is InChI=1S/C31H46N4O5/c1-5-6-17-34(18-8-7-15-32(2)3)29(36)21-35-20-25(23-11-14-27-28(19-23)40-22-39-27)30(31(37)38)26(35)13-12-24-10-9-16-33(24)4/h9-11,14,16,19,25-26,30H,5-8,12-13,15,17-18,20-22H2,1-4H3,(H,37,38)/t25-,26+,30?/m1/s1. The molecular formula is C31H46N4O5. The minimum atomic E-state index is -0.818. The van der Waals surface area contributed by atoms with Crippen LogP contribution in [0.5, 0.6) is 11.5 Å². The second kappa shape index (κ2) is 14.0. The first-order chi connectivity index (χ1) is 19.3. The number of carbonyl (C=O) groups is 2. The van der Waals surface area contributed by atoms with Gasteiger partial charge in [0.1, 0.15) is 0 Å². The highest BCUT2D eigenvalue weighted by atomic mass is 16.7. The normalized spacial score (nSPS) is 20.4. The summed E-state index contributed by atoms with van der Waals surface area (Å²) in [5.41, 5.74) is 2.08. The number of carboxylic acid groups (broad SMARTS) is 1. The van der Waals surface area contributed by atoms with Gasteiger partial charge in [-0.15, -0.1) is 0 Å². The summed E-state index contributed by atoms with van der Waals surface area (Å²) < 4.78 is 13.2. The van der Waals surface area contributed by atoms with Crippen LogP contribution in [-0.2, 0) is 23.1 Å². The number of carboxylic acids is 1. The number of aryl methyl sites for hydroxylation is 2. The molecule has 2 aliphatic heterocycles. The van der Waals surface area contributed by atoms with E-state index in [-0.39, 0.29) is 31.2 Å². The number of amides is 1. The first-order valence-electron chi connectivity index (χ1n) is 14.7. The van der Waals surface area contributed by atoms with Crippen molar-refractivity contribution in [1.82, 2.24) is 19.3 Å². The third kappa shape index (κ3) is 7.37. The third-order valence-corrected chi connectivity index (χ3v) is 8.36. The molecule has 40 heavy (non-hydrogen) atoms. The number of benzene rings is 1. The second-order valence-electron chi connectivity index (χ2n) is 11.5. The smallest absolute Gasteiger partial charge is 0.308 e. The Morgan fingerprint density at radius 3 is 2.50 bits per heavy atom. The van der Waals surface area contributed by atoms with E-state index in [0.29, 0.717) is 24.5 Å².